The maximum absolute atomic E-state index is 6.34. The van der Waals surface area contributed by atoms with Crippen LogP contribution < -0.4 is 10.6 Å². The lowest BCUT2D eigenvalue weighted by atomic mass is 10.0. The predicted molar refractivity (Wildman–Crippen MR) is 205 cm³/mol. The molecule has 9 rings (SSSR count). The third kappa shape index (κ3) is 4.90. The van der Waals surface area contributed by atoms with Gasteiger partial charge < -0.3 is 19.6 Å². The number of nitrogens with zero attached hydrogens (tertiary/aromatic N) is 2. The van der Waals surface area contributed by atoms with Crippen LogP contribution in [0.1, 0.15) is 16.7 Å². The Kier molecular flexibility index (Phi) is 6.73. The smallest absolute Gasteiger partial charge is 0.136 e. The highest BCUT2D eigenvalue weighted by molar-refractivity contribution is 6.27. The molecule has 0 fully saturated rings. The molecule has 49 heavy (non-hydrogen) atoms. The maximum Gasteiger partial charge on any atom is 0.136 e. The fourth-order valence-corrected chi connectivity index (χ4v) is 7.38. The Bertz CT molecular complexity index is 2680. The maximum atomic E-state index is 6.34. The zero-order valence-corrected chi connectivity index (χ0v) is 27.6. The fourth-order valence-electron chi connectivity index (χ4n) is 7.38. The minimum Gasteiger partial charge on any atom is -0.456 e. The lowest BCUT2D eigenvalue weighted by molar-refractivity contribution is 0.669. The van der Waals surface area contributed by atoms with Gasteiger partial charge in [0, 0.05) is 50.4 Å². The number of anilines is 4. The number of para-hydroxylation sites is 3. The number of aromatic nitrogens is 2. The third-order valence-corrected chi connectivity index (χ3v) is 9.48. The summed E-state index contributed by atoms with van der Waals surface area (Å²) >= 11 is 0. The standard InChI is InChI=1S/C44H34N4O/c1-27-23-28(2)44(29(3)24-27)47-37-16-6-5-15-36(37)46-31-11-10-12-32(26-31)48-38-20-21-41-43(34-13-4-7-17-40(34)49-41)42(38)33-19-18-30(25-39(33)48)35-14-8-9-22-45-35/h4-26,46-47H,1-3H3. The molecule has 236 valence electrons. The monoisotopic (exact) mass is 634 g/mol. The Morgan fingerprint density at radius 1 is 0.571 bits per heavy atom. The molecule has 0 unspecified atom stereocenters. The summed E-state index contributed by atoms with van der Waals surface area (Å²) in [7, 11) is 0. The lowest BCUT2D eigenvalue weighted by Gasteiger charge is -2.18. The van der Waals surface area contributed by atoms with Gasteiger partial charge in [0.1, 0.15) is 11.2 Å². The first kappa shape index (κ1) is 28.9. The number of aryl methyl sites for hydroxylation is 3. The highest BCUT2D eigenvalue weighted by Crippen LogP contribution is 2.42. The van der Waals surface area contributed by atoms with Crippen molar-refractivity contribution in [3.05, 3.63) is 156 Å². The number of hydrogen-bond donors (Lipinski definition) is 2. The fraction of sp³-hybridized carbons (Fsp3) is 0.0682. The SMILES string of the molecule is Cc1cc(C)c(Nc2ccccc2Nc2cccc(-n3c4cc(-c5ccccn5)ccc4c4c5c(ccc43)oc3ccccc35)c2)c(C)c1. The molecule has 5 heteroatoms. The molecule has 0 saturated heterocycles. The van der Waals surface area contributed by atoms with E-state index in [-0.39, 0.29) is 0 Å². The molecular formula is C44H34N4O. The van der Waals surface area contributed by atoms with Crippen molar-refractivity contribution in [1.29, 1.82) is 0 Å². The largest absolute Gasteiger partial charge is 0.456 e. The van der Waals surface area contributed by atoms with E-state index in [1.807, 2.05) is 30.5 Å². The topological polar surface area (TPSA) is 55.0 Å². The van der Waals surface area contributed by atoms with E-state index < -0.39 is 0 Å². The first-order valence-corrected chi connectivity index (χ1v) is 16.6. The number of fused-ring (bicyclic) bond motifs is 7. The summed E-state index contributed by atoms with van der Waals surface area (Å²) in [6, 6.07) is 46.8. The number of furan rings is 1. The Labute approximate surface area is 284 Å². The second-order valence-corrected chi connectivity index (χ2v) is 12.8. The number of benzene rings is 6. The van der Waals surface area contributed by atoms with Gasteiger partial charge in [-0.05, 0) is 98.6 Å². The number of hydrogen-bond acceptors (Lipinski definition) is 4. The average Bonchev–Trinajstić information content (AvgIpc) is 3.66. The first-order chi connectivity index (χ1) is 24.0. The highest BCUT2D eigenvalue weighted by Gasteiger charge is 2.20. The van der Waals surface area contributed by atoms with E-state index in [0.29, 0.717) is 0 Å². The van der Waals surface area contributed by atoms with Gasteiger partial charge in [0.15, 0.2) is 0 Å². The second-order valence-electron chi connectivity index (χ2n) is 12.8. The van der Waals surface area contributed by atoms with E-state index >= 15 is 0 Å². The van der Waals surface area contributed by atoms with Crippen LogP contribution in [0.4, 0.5) is 22.7 Å². The zero-order valence-electron chi connectivity index (χ0n) is 27.6. The van der Waals surface area contributed by atoms with Gasteiger partial charge in [-0.25, -0.2) is 0 Å². The summed E-state index contributed by atoms with van der Waals surface area (Å²) in [4.78, 5) is 4.67. The van der Waals surface area contributed by atoms with Crippen molar-refractivity contribution in [2.75, 3.05) is 10.6 Å². The number of nitrogens with one attached hydrogen (secondary N) is 2. The Morgan fingerprint density at radius 3 is 2.16 bits per heavy atom. The Morgan fingerprint density at radius 2 is 1.35 bits per heavy atom. The molecule has 0 radical (unpaired) electrons. The van der Waals surface area contributed by atoms with Crippen LogP contribution in [0.25, 0.3) is 60.7 Å². The molecule has 0 saturated carbocycles. The van der Waals surface area contributed by atoms with Gasteiger partial charge in [0.05, 0.1) is 28.1 Å². The summed E-state index contributed by atoms with van der Waals surface area (Å²) < 4.78 is 8.71. The van der Waals surface area contributed by atoms with Crippen molar-refractivity contribution in [3.8, 4) is 16.9 Å². The summed E-state index contributed by atoms with van der Waals surface area (Å²) in [6.07, 6.45) is 1.85. The Balaban J connectivity index is 1.21. The van der Waals surface area contributed by atoms with E-state index in [4.69, 9.17) is 4.42 Å². The molecule has 3 aromatic heterocycles. The summed E-state index contributed by atoms with van der Waals surface area (Å²) in [5.41, 5.74) is 15.0. The van der Waals surface area contributed by atoms with Gasteiger partial charge in [-0.15, -0.1) is 0 Å². The minimum absolute atomic E-state index is 0.889. The molecule has 0 aliphatic carbocycles. The van der Waals surface area contributed by atoms with Gasteiger partial charge in [0.2, 0.25) is 0 Å². The van der Waals surface area contributed by atoms with Crippen LogP contribution in [0.5, 0.6) is 0 Å². The van der Waals surface area contributed by atoms with E-state index in [2.05, 4.69) is 150 Å². The average molecular weight is 635 g/mol. The number of rotatable bonds is 6. The molecule has 3 heterocycles. The molecule has 0 aliphatic rings. The summed E-state index contributed by atoms with van der Waals surface area (Å²) in [6.45, 7) is 6.46. The first-order valence-electron chi connectivity index (χ1n) is 16.6. The normalized spacial score (nSPS) is 11.6. The van der Waals surface area contributed by atoms with E-state index in [9.17, 15) is 0 Å². The van der Waals surface area contributed by atoms with Crippen molar-refractivity contribution in [1.82, 2.24) is 9.55 Å². The molecule has 0 bridgehead atoms. The van der Waals surface area contributed by atoms with Crippen LogP contribution in [-0.2, 0) is 0 Å². The van der Waals surface area contributed by atoms with Crippen LogP contribution >= 0.6 is 0 Å². The molecule has 0 atom stereocenters. The van der Waals surface area contributed by atoms with Crippen LogP contribution in [0, 0.1) is 20.8 Å². The van der Waals surface area contributed by atoms with E-state index in [1.54, 1.807) is 0 Å². The lowest BCUT2D eigenvalue weighted by Crippen LogP contribution is -2.01. The quantitative estimate of drug-likeness (QED) is 0.191. The molecule has 6 aromatic carbocycles. The summed E-state index contributed by atoms with van der Waals surface area (Å²) in [5.74, 6) is 0. The highest BCUT2D eigenvalue weighted by atomic mass is 16.3. The van der Waals surface area contributed by atoms with Crippen molar-refractivity contribution in [3.63, 3.8) is 0 Å². The molecule has 0 spiro atoms. The van der Waals surface area contributed by atoms with Crippen LogP contribution in [0.2, 0.25) is 0 Å². The zero-order chi connectivity index (χ0) is 33.1. The molecule has 5 nitrogen and oxygen atoms in total. The second kappa shape index (κ2) is 11.4. The summed E-state index contributed by atoms with van der Waals surface area (Å²) in [5, 5.41) is 12.1. The molecule has 0 amide bonds. The van der Waals surface area contributed by atoms with Crippen LogP contribution in [-0.4, -0.2) is 9.55 Å². The minimum atomic E-state index is 0.889. The van der Waals surface area contributed by atoms with Gasteiger partial charge in [-0.1, -0.05) is 72.3 Å². The van der Waals surface area contributed by atoms with E-state index in [1.165, 1.54) is 27.5 Å². The van der Waals surface area contributed by atoms with Gasteiger partial charge >= 0.3 is 0 Å². The van der Waals surface area contributed by atoms with Gasteiger partial charge in [0.25, 0.3) is 0 Å². The van der Waals surface area contributed by atoms with Crippen molar-refractivity contribution < 1.29 is 4.42 Å². The van der Waals surface area contributed by atoms with E-state index in [0.717, 1.165) is 72.7 Å². The third-order valence-electron chi connectivity index (χ3n) is 9.48. The van der Waals surface area contributed by atoms with Crippen LogP contribution in [0.3, 0.4) is 0 Å². The Hall–Kier alpha value is -6.33. The van der Waals surface area contributed by atoms with Crippen molar-refractivity contribution >= 4 is 66.5 Å². The van der Waals surface area contributed by atoms with Crippen molar-refractivity contribution in [2.45, 2.75) is 20.8 Å². The molecule has 9 aromatic rings. The van der Waals surface area contributed by atoms with Crippen LogP contribution in [0.15, 0.2) is 144 Å². The van der Waals surface area contributed by atoms with Gasteiger partial charge in [-0.2, -0.15) is 0 Å². The predicted octanol–water partition coefficient (Wildman–Crippen LogP) is 12.2. The van der Waals surface area contributed by atoms with Gasteiger partial charge in [-0.3, -0.25) is 4.98 Å². The molecule has 0 aliphatic heterocycles. The molecule has 2 N–H and O–H groups in total. The number of pyridine rings is 1. The van der Waals surface area contributed by atoms with Crippen molar-refractivity contribution in [2.24, 2.45) is 0 Å². The molecular weight excluding hydrogens is 601 g/mol.